The minimum Gasteiger partial charge on any atom is -0.339 e. The van der Waals surface area contributed by atoms with E-state index < -0.39 is 0 Å². The van der Waals surface area contributed by atoms with Crippen molar-refractivity contribution >= 4 is 17.5 Å². The molecule has 2 aliphatic rings. The number of rotatable bonds is 4. The average Bonchev–Trinajstić information content (AvgIpc) is 3.06. The van der Waals surface area contributed by atoms with E-state index in [2.05, 4.69) is 9.88 Å². The van der Waals surface area contributed by atoms with Crippen LogP contribution in [0, 0.1) is 0 Å². The molecule has 18 heavy (non-hydrogen) atoms. The van der Waals surface area contributed by atoms with E-state index >= 15 is 0 Å². The van der Waals surface area contributed by atoms with Crippen LogP contribution in [-0.4, -0.2) is 41.1 Å². The Labute approximate surface area is 112 Å². The molecule has 0 radical (unpaired) electrons. The van der Waals surface area contributed by atoms with Crippen molar-refractivity contribution in [2.45, 2.75) is 31.8 Å². The van der Waals surface area contributed by atoms with Crippen molar-refractivity contribution in [1.82, 2.24) is 14.8 Å². The van der Waals surface area contributed by atoms with Crippen LogP contribution in [0.3, 0.4) is 0 Å². The first-order valence-corrected chi connectivity index (χ1v) is 6.97. The molecule has 1 aromatic rings. The molecule has 1 aliphatic carbocycles. The Morgan fingerprint density at radius 1 is 1.56 bits per heavy atom. The lowest BCUT2D eigenvalue weighted by molar-refractivity contribution is 0.0619. The van der Waals surface area contributed by atoms with E-state index in [0.717, 1.165) is 38.2 Å². The largest absolute Gasteiger partial charge is 0.339 e. The molecule has 0 unspecified atom stereocenters. The number of nitrogens with one attached hydrogen (secondary N) is 1. The van der Waals surface area contributed by atoms with Crippen LogP contribution >= 0.6 is 11.6 Å². The van der Waals surface area contributed by atoms with Gasteiger partial charge in [-0.05, 0) is 25.8 Å². The first kappa shape index (κ1) is 12.1. The zero-order valence-corrected chi connectivity index (χ0v) is 11.3. The van der Waals surface area contributed by atoms with Gasteiger partial charge in [-0.1, -0.05) is 11.6 Å². The Kier molecular flexibility index (Phi) is 3.08. The SMILES string of the molecule is CCN(C(=O)c1cc(Cl)cn1C1CC1)C1CNC1. The number of amides is 1. The zero-order chi connectivity index (χ0) is 12.7. The van der Waals surface area contributed by atoms with Gasteiger partial charge in [0.2, 0.25) is 0 Å². The maximum absolute atomic E-state index is 12.6. The van der Waals surface area contributed by atoms with Crippen molar-refractivity contribution in [2.24, 2.45) is 0 Å². The average molecular weight is 268 g/mol. The minimum atomic E-state index is 0.114. The lowest BCUT2D eigenvalue weighted by Crippen LogP contribution is -2.58. The van der Waals surface area contributed by atoms with Crippen LogP contribution in [0.4, 0.5) is 0 Å². The summed E-state index contributed by atoms with van der Waals surface area (Å²) in [5.74, 6) is 0.114. The Balaban J connectivity index is 1.85. The van der Waals surface area contributed by atoms with Gasteiger partial charge in [0, 0.05) is 31.9 Å². The van der Waals surface area contributed by atoms with Gasteiger partial charge in [0.15, 0.2) is 0 Å². The molecule has 0 atom stereocenters. The highest BCUT2D eigenvalue weighted by molar-refractivity contribution is 6.31. The normalized spacial score (nSPS) is 19.7. The summed E-state index contributed by atoms with van der Waals surface area (Å²) >= 11 is 6.05. The molecular weight excluding hydrogens is 250 g/mol. The molecule has 1 amide bonds. The van der Waals surface area contributed by atoms with Crippen LogP contribution < -0.4 is 5.32 Å². The van der Waals surface area contributed by atoms with Crippen molar-refractivity contribution in [3.8, 4) is 0 Å². The highest BCUT2D eigenvalue weighted by atomic mass is 35.5. The second-order valence-corrected chi connectivity index (χ2v) is 5.52. The van der Waals surface area contributed by atoms with Crippen molar-refractivity contribution in [3.05, 3.63) is 23.0 Å². The third-order valence-electron chi connectivity index (χ3n) is 3.78. The number of aromatic nitrogens is 1. The van der Waals surface area contributed by atoms with Crippen LogP contribution in [-0.2, 0) is 0 Å². The van der Waals surface area contributed by atoms with Crippen molar-refractivity contribution in [1.29, 1.82) is 0 Å². The summed E-state index contributed by atoms with van der Waals surface area (Å²) in [7, 11) is 0. The highest BCUT2D eigenvalue weighted by Gasteiger charge is 2.33. The van der Waals surface area contributed by atoms with E-state index in [0.29, 0.717) is 17.1 Å². The van der Waals surface area contributed by atoms with Gasteiger partial charge in [-0.15, -0.1) is 0 Å². The molecule has 0 spiro atoms. The van der Waals surface area contributed by atoms with E-state index in [1.807, 2.05) is 18.0 Å². The summed E-state index contributed by atoms with van der Waals surface area (Å²) < 4.78 is 2.05. The second-order valence-electron chi connectivity index (χ2n) is 5.09. The van der Waals surface area contributed by atoms with E-state index in [-0.39, 0.29) is 5.91 Å². The van der Waals surface area contributed by atoms with Crippen molar-refractivity contribution < 1.29 is 4.79 Å². The maximum Gasteiger partial charge on any atom is 0.270 e. The number of halogens is 1. The first-order chi connectivity index (χ1) is 8.70. The molecule has 2 fully saturated rings. The first-order valence-electron chi connectivity index (χ1n) is 6.59. The molecule has 1 saturated carbocycles. The lowest BCUT2D eigenvalue weighted by Gasteiger charge is -2.37. The number of likely N-dealkylation sites (N-methyl/N-ethyl adjacent to an activating group) is 1. The molecule has 5 heteroatoms. The number of hydrogen-bond acceptors (Lipinski definition) is 2. The Morgan fingerprint density at radius 3 is 2.78 bits per heavy atom. The third-order valence-corrected chi connectivity index (χ3v) is 3.98. The van der Waals surface area contributed by atoms with E-state index in [9.17, 15) is 4.79 Å². The molecule has 1 saturated heterocycles. The monoisotopic (exact) mass is 267 g/mol. The highest BCUT2D eigenvalue weighted by Crippen LogP contribution is 2.37. The van der Waals surface area contributed by atoms with Gasteiger partial charge in [-0.3, -0.25) is 4.79 Å². The van der Waals surface area contributed by atoms with Gasteiger partial charge >= 0.3 is 0 Å². The standard InChI is InChI=1S/C13H18ClN3O/c1-2-16(11-6-15-7-11)13(18)12-5-9(14)8-17(12)10-3-4-10/h5,8,10-11,15H,2-4,6-7H2,1H3. The molecule has 1 N–H and O–H groups in total. The number of carbonyl (C=O) groups excluding carboxylic acids is 1. The molecule has 1 aromatic heterocycles. The fourth-order valence-corrected chi connectivity index (χ4v) is 2.69. The molecular formula is C13H18ClN3O. The number of carbonyl (C=O) groups is 1. The molecule has 98 valence electrons. The van der Waals surface area contributed by atoms with Crippen LogP contribution in [0.15, 0.2) is 12.3 Å². The summed E-state index contributed by atoms with van der Waals surface area (Å²) in [5.41, 5.74) is 0.747. The number of hydrogen-bond donors (Lipinski definition) is 1. The van der Waals surface area contributed by atoms with Crippen LogP contribution in [0.25, 0.3) is 0 Å². The Morgan fingerprint density at radius 2 is 2.28 bits per heavy atom. The summed E-state index contributed by atoms with van der Waals surface area (Å²) in [5, 5.41) is 3.87. The van der Waals surface area contributed by atoms with Crippen molar-refractivity contribution in [3.63, 3.8) is 0 Å². The van der Waals surface area contributed by atoms with E-state index in [1.54, 1.807) is 6.07 Å². The predicted octanol–water partition coefficient (Wildman–Crippen LogP) is 1.91. The Hall–Kier alpha value is -1.00. The second kappa shape index (κ2) is 4.59. The van der Waals surface area contributed by atoms with Gasteiger partial charge in [0.25, 0.3) is 5.91 Å². The van der Waals surface area contributed by atoms with Crippen LogP contribution in [0.5, 0.6) is 0 Å². The van der Waals surface area contributed by atoms with E-state index in [4.69, 9.17) is 11.6 Å². The van der Waals surface area contributed by atoms with Gasteiger partial charge in [0.05, 0.1) is 11.1 Å². The molecule has 0 aromatic carbocycles. The smallest absolute Gasteiger partial charge is 0.270 e. The van der Waals surface area contributed by atoms with Gasteiger partial charge in [0.1, 0.15) is 5.69 Å². The van der Waals surface area contributed by atoms with Crippen molar-refractivity contribution in [2.75, 3.05) is 19.6 Å². The van der Waals surface area contributed by atoms with Crippen LogP contribution in [0.2, 0.25) is 5.02 Å². The fraction of sp³-hybridized carbons (Fsp3) is 0.615. The van der Waals surface area contributed by atoms with Crippen LogP contribution in [0.1, 0.15) is 36.3 Å². The molecule has 3 rings (SSSR count). The van der Waals surface area contributed by atoms with Gasteiger partial charge < -0.3 is 14.8 Å². The summed E-state index contributed by atoms with van der Waals surface area (Å²) in [6.07, 6.45) is 4.20. The predicted molar refractivity (Wildman–Crippen MR) is 71.1 cm³/mol. The Bertz CT molecular complexity index is 463. The summed E-state index contributed by atoms with van der Waals surface area (Å²) in [4.78, 5) is 14.5. The zero-order valence-electron chi connectivity index (χ0n) is 10.5. The minimum absolute atomic E-state index is 0.114. The van der Waals surface area contributed by atoms with Gasteiger partial charge in [-0.2, -0.15) is 0 Å². The summed E-state index contributed by atoms with van der Waals surface area (Å²) in [6, 6.07) is 2.62. The quantitative estimate of drug-likeness (QED) is 0.905. The molecule has 2 heterocycles. The molecule has 1 aliphatic heterocycles. The lowest BCUT2D eigenvalue weighted by atomic mass is 10.1. The fourth-order valence-electron chi connectivity index (χ4n) is 2.48. The maximum atomic E-state index is 12.6. The molecule has 4 nitrogen and oxygen atoms in total. The third kappa shape index (κ3) is 2.04. The summed E-state index contributed by atoms with van der Waals surface area (Å²) in [6.45, 7) is 4.58. The molecule has 0 bridgehead atoms. The topological polar surface area (TPSA) is 37.3 Å². The van der Waals surface area contributed by atoms with E-state index in [1.165, 1.54) is 0 Å². The number of nitrogens with zero attached hydrogens (tertiary/aromatic N) is 2. The van der Waals surface area contributed by atoms with Gasteiger partial charge in [-0.25, -0.2) is 0 Å².